The van der Waals surface area contributed by atoms with Crippen molar-refractivity contribution in [2.24, 2.45) is 0 Å². The van der Waals surface area contributed by atoms with E-state index in [0.717, 1.165) is 11.3 Å². The molecule has 0 aliphatic carbocycles. The minimum absolute atomic E-state index is 0.0394. The van der Waals surface area contributed by atoms with E-state index in [1.165, 1.54) is 29.8 Å². The lowest BCUT2D eigenvalue weighted by Gasteiger charge is -2.11. The van der Waals surface area contributed by atoms with Crippen molar-refractivity contribution < 1.29 is 17.9 Å². The van der Waals surface area contributed by atoms with Crippen molar-refractivity contribution in [3.8, 4) is 5.75 Å². The highest BCUT2D eigenvalue weighted by molar-refractivity contribution is 9.10. The molecule has 0 spiro atoms. The molecule has 0 bridgehead atoms. The van der Waals surface area contributed by atoms with Crippen LogP contribution in [-0.4, -0.2) is 31.1 Å². The monoisotopic (exact) mass is 482 g/mol. The van der Waals surface area contributed by atoms with Crippen LogP contribution in [0.5, 0.6) is 5.75 Å². The molecule has 0 aliphatic heterocycles. The minimum atomic E-state index is -3.89. The van der Waals surface area contributed by atoms with Crippen molar-refractivity contribution in [3.05, 3.63) is 58.0 Å². The summed E-state index contributed by atoms with van der Waals surface area (Å²) in [5, 5.41) is 10.3. The molecule has 8 nitrogen and oxygen atoms in total. The Balaban J connectivity index is 1.80. The first-order chi connectivity index (χ1) is 13.4. The number of rotatable bonds is 7. The molecule has 0 unspecified atom stereocenters. The van der Waals surface area contributed by atoms with Gasteiger partial charge in [-0.1, -0.05) is 17.4 Å². The Morgan fingerprint density at radius 2 is 2.07 bits per heavy atom. The van der Waals surface area contributed by atoms with Gasteiger partial charge in [0.2, 0.25) is 5.13 Å². The zero-order valence-electron chi connectivity index (χ0n) is 14.5. The van der Waals surface area contributed by atoms with Crippen LogP contribution in [0, 0.1) is 0 Å². The fourth-order valence-electron chi connectivity index (χ4n) is 2.25. The summed E-state index contributed by atoms with van der Waals surface area (Å²) < 4.78 is 33.9. The Hall–Kier alpha value is -2.50. The van der Waals surface area contributed by atoms with Crippen LogP contribution in [-0.2, 0) is 10.0 Å². The van der Waals surface area contributed by atoms with Gasteiger partial charge in [0.05, 0.1) is 21.7 Å². The summed E-state index contributed by atoms with van der Waals surface area (Å²) in [7, 11) is -3.89. The van der Waals surface area contributed by atoms with Gasteiger partial charge in [-0.05, 0) is 59.3 Å². The predicted molar refractivity (Wildman–Crippen MR) is 110 cm³/mol. The minimum Gasteiger partial charge on any atom is -0.493 e. The maximum absolute atomic E-state index is 12.7. The Kier molecular flexibility index (Phi) is 6.27. The number of nitrogens with zero attached hydrogens (tertiary/aromatic N) is 2. The van der Waals surface area contributed by atoms with E-state index in [-0.39, 0.29) is 10.5 Å². The number of amides is 1. The van der Waals surface area contributed by atoms with Crippen molar-refractivity contribution in [2.75, 3.05) is 16.6 Å². The number of anilines is 2. The Morgan fingerprint density at radius 3 is 2.75 bits per heavy atom. The first-order valence-electron chi connectivity index (χ1n) is 8.02. The second kappa shape index (κ2) is 8.67. The number of benzene rings is 2. The molecule has 0 aliphatic rings. The Morgan fingerprint density at radius 1 is 1.25 bits per heavy atom. The fraction of sp³-hybridized carbons (Fsp3) is 0.118. The molecule has 0 radical (unpaired) electrons. The SMILES string of the molecule is CCOc1ccc(NS(=O)(=O)c2cccc(C(=O)Nc3nncs3)c2)cc1Br. The highest BCUT2D eigenvalue weighted by Gasteiger charge is 2.18. The molecule has 146 valence electrons. The third-order valence-electron chi connectivity index (χ3n) is 3.47. The molecule has 0 atom stereocenters. The van der Waals surface area contributed by atoms with E-state index in [0.29, 0.717) is 27.6 Å². The van der Waals surface area contributed by atoms with Crippen molar-refractivity contribution in [1.29, 1.82) is 0 Å². The highest BCUT2D eigenvalue weighted by atomic mass is 79.9. The third kappa shape index (κ3) is 4.86. The molecule has 1 heterocycles. The van der Waals surface area contributed by atoms with Gasteiger partial charge in [0.15, 0.2) is 0 Å². The van der Waals surface area contributed by atoms with Crippen LogP contribution < -0.4 is 14.8 Å². The maximum Gasteiger partial charge on any atom is 0.261 e. The second-order valence-electron chi connectivity index (χ2n) is 5.41. The molecule has 2 N–H and O–H groups in total. The van der Waals surface area contributed by atoms with Gasteiger partial charge >= 0.3 is 0 Å². The first-order valence-corrected chi connectivity index (χ1v) is 11.2. The van der Waals surface area contributed by atoms with Gasteiger partial charge in [-0.15, -0.1) is 10.2 Å². The Labute approximate surface area is 174 Å². The van der Waals surface area contributed by atoms with E-state index < -0.39 is 15.9 Å². The summed E-state index contributed by atoms with van der Waals surface area (Å²) in [5.41, 5.74) is 2.03. The molecule has 0 fully saturated rings. The number of sulfonamides is 1. The van der Waals surface area contributed by atoms with Crippen molar-refractivity contribution in [1.82, 2.24) is 10.2 Å². The zero-order chi connectivity index (χ0) is 20.1. The van der Waals surface area contributed by atoms with Crippen LogP contribution in [0.4, 0.5) is 10.8 Å². The van der Waals surface area contributed by atoms with Crippen molar-refractivity contribution in [3.63, 3.8) is 0 Å². The lowest BCUT2D eigenvalue weighted by atomic mass is 10.2. The smallest absolute Gasteiger partial charge is 0.261 e. The summed E-state index contributed by atoms with van der Waals surface area (Å²) >= 11 is 4.51. The summed E-state index contributed by atoms with van der Waals surface area (Å²) in [5.74, 6) is 0.137. The van der Waals surface area contributed by atoms with Gasteiger partial charge in [0.1, 0.15) is 11.3 Å². The molecule has 1 amide bonds. The topological polar surface area (TPSA) is 110 Å². The van der Waals surface area contributed by atoms with Gasteiger partial charge in [0.25, 0.3) is 15.9 Å². The lowest BCUT2D eigenvalue weighted by Crippen LogP contribution is -2.16. The molecule has 0 saturated heterocycles. The summed E-state index contributed by atoms with van der Waals surface area (Å²) in [6.07, 6.45) is 0. The normalized spacial score (nSPS) is 11.1. The van der Waals surface area contributed by atoms with Crippen LogP contribution in [0.3, 0.4) is 0 Å². The summed E-state index contributed by atoms with van der Waals surface area (Å²) in [6.45, 7) is 2.35. The van der Waals surface area contributed by atoms with Crippen molar-refractivity contribution in [2.45, 2.75) is 11.8 Å². The number of ether oxygens (including phenoxy) is 1. The van der Waals surface area contributed by atoms with Crippen LogP contribution in [0.15, 0.2) is 57.3 Å². The van der Waals surface area contributed by atoms with E-state index in [9.17, 15) is 13.2 Å². The first kappa shape index (κ1) is 20.2. The standard InChI is InChI=1S/C17H15BrN4O4S2/c1-2-26-15-7-6-12(9-14(15)18)22-28(24,25)13-5-3-4-11(8-13)16(23)20-17-21-19-10-27-17/h3-10,22H,2H2,1H3,(H,20,21,23). The lowest BCUT2D eigenvalue weighted by molar-refractivity contribution is 0.102. The molecular weight excluding hydrogens is 468 g/mol. The number of hydrogen-bond acceptors (Lipinski definition) is 7. The van der Waals surface area contributed by atoms with E-state index in [4.69, 9.17) is 4.74 Å². The van der Waals surface area contributed by atoms with Gasteiger partial charge in [-0.2, -0.15) is 0 Å². The number of nitrogens with one attached hydrogen (secondary N) is 2. The summed E-state index contributed by atoms with van der Waals surface area (Å²) in [4.78, 5) is 12.2. The van der Waals surface area contributed by atoms with Crippen molar-refractivity contribution >= 4 is 54.0 Å². The van der Waals surface area contributed by atoms with E-state index in [1.807, 2.05) is 6.92 Å². The number of hydrogen-bond donors (Lipinski definition) is 2. The molecule has 3 aromatic rings. The van der Waals surface area contributed by atoms with E-state index >= 15 is 0 Å². The van der Waals surface area contributed by atoms with Gasteiger partial charge in [0, 0.05) is 5.56 Å². The second-order valence-corrected chi connectivity index (χ2v) is 8.78. The number of halogens is 1. The predicted octanol–water partition coefficient (Wildman–Crippen LogP) is 3.75. The van der Waals surface area contributed by atoms with Crippen LogP contribution in [0.25, 0.3) is 0 Å². The molecule has 1 aromatic heterocycles. The molecule has 28 heavy (non-hydrogen) atoms. The van der Waals surface area contributed by atoms with Crippen LogP contribution in [0.2, 0.25) is 0 Å². The third-order valence-corrected chi connectivity index (χ3v) is 6.08. The average Bonchev–Trinajstić information content (AvgIpc) is 3.17. The molecule has 0 saturated carbocycles. The Bertz CT molecular complexity index is 1090. The number of carbonyl (C=O) groups is 1. The van der Waals surface area contributed by atoms with Crippen LogP contribution in [0.1, 0.15) is 17.3 Å². The molecule has 2 aromatic carbocycles. The van der Waals surface area contributed by atoms with Crippen LogP contribution >= 0.6 is 27.3 Å². The van der Waals surface area contributed by atoms with E-state index in [1.54, 1.807) is 18.2 Å². The van der Waals surface area contributed by atoms with Gasteiger partial charge < -0.3 is 4.74 Å². The molecule has 11 heteroatoms. The van der Waals surface area contributed by atoms with E-state index in [2.05, 4.69) is 36.2 Å². The fourth-order valence-corrected chi connectivity index (χ4v) is 4.28. The average molecular weight is 483 g/mol. The summed E-state index contributed by atoms with van der Waals surface area (Å²) in [6, 6.07) is 10.6. The number of carbonyl (C=O) groups excluding carboxylic acids is 1. The maximum atomic E-state index is 12.7. The highest BCUT2D eigenvalue weighted by Crippen LogP contribution is 2.29. The largest absolute Gasteiger partial charge is 0.493 e. The number of aromatic nitrogens is 2. The quantitative estimate of drug-likeness (QED) is 0.530. The zero-order valence-corrected chi connectivity index (χ0v) is 17.8. The van der Waals surface area contributed by atoms with Gasteiger partial charge in [-0.25, -0.2) is 8.42 Å². The molecular formula is C17H15BrN4O4S2. The molecule has 3 rings (SSSR count). The van der Waals surface area contributed by atoms with Gasteiger partial charge in [-0.3, -0.25) is 14.8 Å².